The van der Waals surface area contributed by atoms with Gasteiger partial charge in [-0.3, -0.25) is 4.79 Å². The Kier molecular flexibility index (Phi) is 6.08. The van der Waals surface area contributed by atoms with Crippen LogP contribution in [-0.4, -0.2) is 80.0 Å². The molecule has 110 valence electrons. The average Bonchev–Trinajstić information content (AvgIpc) is 2.43. The van der Waals surface area contributed by atoms with Crippen molar-refractivity contribution in [3.05, 3.63) is 0 Å². The van der Waals surface area contributed by atoms with E-state index in [4.69, 9.17) is 0 Å². The number of amides is 3. The SMILES string of the molecule is CCNCC(C)C(=O)N1CCN(C(=O)N(C)C)CC1. The third kappa shape index (κ3) is 4.38. The summed E-state index contributed by atoms with van der Waals surface area (Å²) in [5, 5.41) is 3.19. The van der Waals surface area contributed by atoms with Crippen LogP contribution in [0.25, 0.3) is 0 Å². The van der Waals surface area contributed by atoms with E-state index in [-0.39, 0.29) is 17.9 Å². The van der Waals surface area contributed by atoms with Crippen molar-refractivity contribution in [3.63, 3.8) is 0 Å². The van der Waals surface area contributed by atoms with Gasteiger partial charge in [0.15, 0.2) is 0 Å². The van der Waals surface area contributed by atoms with Crippen LogP contribution in [0.15, 0.2) is 0 Å². The number of hydrogen-bond acceptors (Lipinski definition) is 3. The van der Waals surface area contributed by atoms with Crippen molar-refractivity contribution in [2.75, 3.05) is 53.4 Å². The molecule has 1 rings (SSSR count). The highest BCUT2D eigenvalue weighted by Gasteiger charge is 2.27. The minimum Gasteiger partial charge on any atom is -0.339 e. The van der Waals surface area contributed by atoms with E-state index in [0.717, 1.165) is 6.54 Å². The van der Waals surface area contributed by atoms with E-state index in [1.54, 1.807) is 23.9 Å². The zero-order chi connectivity index (χ0) is 14.4. The number of piperazine rings is 1. The molecule has 1 unspecified atom stereocenters. The first-order chi connectivity index (χ1) is 8.97. The van der Waals surface area contributed by atoms with E-state index < -0.39 is 0 Å². The number of nitrogens with one attached hydrogen (secondary N) is 1. The predicted octanol–water partition coefficient (Wildman–Crippen LogP) is 0.0578. The summed E-state index contributed by atoms with van der Waals surface area (Å²) in [6.07, 6.45) is 0. The molecule has 0 aromatic rings. The molecule has 0 bridgehead atoms. The Morgan fingerprint density at radius 2 is 1.68 bits per heavy atom. The highest BCUT2D eigenvalue weighted by Crippen LogP contribution is 2.08. The Hall–Kier alpha value is -1.30. The van der Waals surface area contributed by atoms with Crippen LogP contribution in [0, 0.1) is 5.92 Å². The highest BCUT2D eigenvalue weighted by molar-refractivity contribution is 5.79. The second kappa shape index (κ2) is 7.33. The minimum absolute atomic E-state index is 0.00366. The molecule has 1 aliphatic rings. The first kappa shape index (κ1) is 15.8. The van der Waals surface area contributed by atoms with E-state index >= 15 is 0 Å². The average molecular weight is 270 g/mol. The Balaban J connectivity index is 2.41. The lowest BCUT2D eigenvalue weighted by atomic mass is 10.1. The molecule has 19 heavy (non-hydrogen) atoms. The Morgan fingerprint density at radius 1 is 1.16 bits per heavy atom. The van der Waals surface area contributed by atoms with Crippen molar-refractivity contribution in [2.24, 2.45) is 5.92 Å². The molecule has 1 atom stereocenters. The molecule has 3 amide bonds. The molecule has 1 fully saturated rings. The Morgan fingerprint density at radius 3 is 2.16 bits per heavy atom. The minimum atomic E-state index is -0.00366. The van der Waals surface area contributed by atoms with Gasteiger partial charge < -0.3 is 20.0 Å². The number of urea groups is 1. The lowest BCUT2D eigenvalue weighted by Gasteiger charge is -2.37. The fourth-order valence-corrected chi connectivity index (χ4v) is 2.16. The van der Waals surface area contributed by atoms with Crippen molar-refractivity contribution < 1.29 is 9.59 Å². The van der Waals surface area contributed by atoms with E-state index in [2.05, 4.69) is 5.32 Å². The standard InChI is InChI=1S/C13H26N4O2/c1-5-14-10-11(2)12(18)16-6-8-17(9-7-16)13(19)15(3)4/h11,14H,5-10H2,1-4H3. The van der Waals surface area contributed by atoms with Gasteiger partial charge >= 0.3 is 6.03 Å². The van der Waals surface area contributed by atoms with Gasteiger partial charge in [0, 0.05) is 52.7 Å². The number of hydrogen-bond donors (Lipinski definition) is 1. The van der Waals surface area contributed by atoms with Crippen molar-refractivity contribution in [2.45, 2.75) is 13.8 Å². The normalized spacial score (nSPS) is 17.3. The van der Waals surface area contributed by atoms with Gasteiger partial charge in [-0.1, -0.05) is 13.8 Å². The van der Waals surface area contributed by atoms with Crippen LogP contribution in [0.1, 0.15) is 13.8 Å². The molecule has 0 saturated carbocycles. The van der Waals surface area contributed by atoms with E-state index in [9.17, 15) is 9.59 Å². The molecular formula is C13H26N4O2. The predicted molar refractivity (Wildman–Crippen MR) is 74.9 cm³/mol. The Bertz CT molecular complexity index is 312. The molecule has 1 heterocycles. The second-order valence-corrected chi connectivity index (χ2v) is 5.20. The lowest BCUT2D eigenvalue weighted by Crippen LogP contribution is -2.54. The molecule has 6 nitrogen and oxygen atoms in total. The van der Waals surface area contributed by atoms with Gasteiger partial charge in [-0.2, -0.15) is 0 Å². The largest absolute Gasteiger partial charge is 0.339 e. The molecule has 1 aliphatic heterocycles. The number of carbonyl (C=O) groups excluding carboxylic acids is 2. The maximum Gasteiger partial charge on any atom is 0.319 e. The van der Waals surface area contributed by atoms with Crippen molar-refractivity contribution >= 4 is 11.9 Å². The van der Waals surface area contributed by atoms with Crippen LogP contribution in [0.3, 0.4) is 0 Å². The van der Waals surface area contributed by atoms with Crippen LogP contribution < -0.4 is 5.32 Å². The second-order valence-electron chi connectivity index (χ2n) is 5.20. The molecule has 0 radical (unpaired) electrons. The molecule has 0 spiro atoms. The number of carbonyl (C=O) groups is 2. The van der Waals surface area contributed by atoms with Crippen LogP contribution >= 0.6 is 0 Å². The van der Waals surface area contributed by atoms with Gasteiger partial charge in [0.1, 0.15) is 0 Å². The molecule has 0 aromatic heterocycles. The first-order valence-electron chi connectivity index (χ1n) is 6.93. The van der Waals surface area contributed by atoms with Gasteiger partial charge in [-0.15, -0.1) is 0 Å². The van der Waals surface area contributed by atoms with Gasteiger partial charge in [-0.25, -0.2) is 4.79 Å². The van der Waals surface area contributed by atoms with E-state index in [1.807, 2.05) is 18.7 Å². The molecule has 0 aliphatic carbocycles. The quantitative estimate of drug-likeness (QED) is 0.786. The van der Waals surface area contributed by atoms with Gasteiger partial charge in [0.05, 0.1) is 0 Å². The van der Waals surface area contributed by atoms with Gasteiger partial charge in [0.25, 0.3) is 0 Å². The summed E-state index contributed by atoms with van der Waals surface area (Å²) >= 11 is 0. The summed E-state index contributed by atoms with van der Waals surface area (Å²) in [7, 11) is 3.50. The van der Waals surface area contributed by atoms with Crippen LogP contribution in [0.4, 0.5) is 4.79 Å². The van der Waals surface area contributed by atoms with Gasteiger partial charge in [0.2, 0.25) is 5.91 Å². The smallest absolute Gasteiger partial charge is 0.319 e. The van der Waals surface area contributed by atoms with Crippen LogP contribution in [-0.2, 0) is 4.79 Å². The molecule has 1 N–H and O–H groups in total. The van der Waals surface area contributed by atoms with Crippen molar-refractivity contribution in [1.29, 1.82) is 0 Å². The van der Waals surface area contributed by atoms with Crippen molar-refractivity contribution in [3.8, 4) is 0 Å². The van der Waals surface area contributed by atoms with E-state index in [1.165, 1.54) is 0 Å². The van der Waals surface area contributed by atoms with Crippen molar-refractivity contribution in [1.82, 2.24) is 20.0 Å². The summed E-state index contributed by atoms with van der Waals surface area (Å²) in [5.41, 5.74) is 0. The number of nitrogens with zero attached hydrogens (tertiary/aromatic N) is 3. The maximum atomic E-state index is 12.2. The number of rotatable bonds is 4. The maximum absolute atomic E-state index is 12.2. The summed E-state index contributed by atoms with van der Waals surface area (Å²) in [5.74, 6) is 0.175. The summed E-state index contributed by atoms with van der Waals surface area (Å²) in [6, 6.07) is 0.0211. The Labute approximate surface area is 115 Å². The van der Waals surface area contributed by atoms with Gasteiger partial charge in [-0.05, 0) is 6.54 Å². The van der Waals surface area contributed by atoms with Crippen LogP contribution in [0.5, 0.6) is 0 Å². The van der Waals surface area contributed by atoms with Crippen LogP contribution in [0.2, 0.25) is 0 Å². The molecule has 0 aromatic carbocycles. The third-order valence-electron chi connectivity index (χ3n) is 3.37. The molecular weight excluding hydrogens is 244 g/mol. The molecule has 1 saturated heterocycles. The topological polar surface area (TPSA) is 55.9 Å². The highest BCUT2D eigenvalue weighted by atomic mass is 16.2. The monoisotopic (exact) mass is 270 g/mol. The summed E-state index contributed by atoms with van der Waals surface area (Å²) in [6.45, 7) is 8.08. The summed E-state index contributed by atoms with van der Waals surface area (Å²) < 4.78 is 0. The third-order valence-corrected chi connectivity index (χ3v) is 3.37. The zero-order valence-corrected chi connectivity index (χ0v) is 12.5. The zero-order valence-electron chi connectivity index (χ0n) is 12.5. The lowest BCUT2D eigenvalue weighted by molar-refractivity contribution is -0.136. The fourth-order valence-electron chi connectivity index (χ4n) is 2.16. The molecule has 6 heteroatoms. The summed E-state index contributed by atoms with van der Waals surface area (Å²) in [4.78, 5) is 29.2. The van der Waals surface area contributed by atoms with E-state index in [0.29, 0.717) is 32.7 Å². The first-order valence-corrected chi connectivity index (χ1v) is 6.93. The fraction of sp³-hybridized carbons (Fsp3) is 0.846.